The Kier molecular flexibility index (Phi) is 2.93. The number of rotatable bonds is 1. The Morgan fingerprint density at radius 3 is 3.20 bits per heavy atom. The molecule has 15 heavy (non-hydrogen) atoms. The number of hydrogen-bond acceptors (Lipinski definition) is 4. The fraction of sp³-hybridized carbons (Fsp3) is 0.556. The van der Waals surface area contributed by atoms with Crippen molar-refractivity contribution in [2.24, 2.45) is 0 Å². The third-order valence-electron chi connectivity index (χ3n) is 2.59. The second-order valence-corrected chi connectivity index (χ2v) is 4.02. The molecular weight excluding hydrogens is 216 g/mol. The number of H-pyrrole nitrogens is 1. The molecule has 1 aromatic rings. The SMILES string of the molecule is CC1CNCCN1c1cn[nH]c(=O)c1Cl. The van der Waals surface area contributed by atoms with Crippen LogP contribution in [0.4, 0.5) is 5.69 Å². The van der Waals surface area contributed by atoms with Gasteiger partial charge in [-0.2, -0.15) is 5.10 Å². The van der Waals surface area contributed by atoms with Crippen LogP contribution < -0.4 is 15.8 Å². The molecule has 0 aliphatic carbocycles. The van der Waals surface area contributed by atoms with Gasteiger partial charge in [0.05, 0.1) is 11.9 Å². The van der Waals surface area contributed by atoms with E-state index in [4.69, 9.17) is 11.6 Å². The van der Waals surface area contributed by atoms with Crippen LogP contribution in [-0.4, -0.2) is 35.9 Å². The van der Waals surface area contributed by atoms with Crippen molar-refractivity contribution in [3.05, 3.63) is 21.6 Å². The van der Waals surface area contributed by atoms with Gasteiger partial charge in [0, 0.05) is 25.7 Å². The number of nitrogens with zero attached hydrogens (tertiary/aromatic N) is 2. The first kappa shape index (κ1) is 10.4. The molecule has 2 N–H and O–H groups in total. The summed E-state index contributed by atoms with van der Waals surface area (Å²) in [5, 5.41) is 9.58. The molecule has 1 atom stereocenters. The molecule has 82 valence electrons. The topological polar surface area (TPSA) is 61.0 Å². The standard InChI is InChI=1S/C9H13ClN4O/c1-6-4-11-2-3-14(6)7-5-12-13-9(15)8(7)10/h5-6,11H,2-4H2,1H3,(H,13,15). The van der Waals surface area contributed by atoms with Crippen LogP contribution in [-0.2, 0) is 0 Å². The number of aromatic amines is 1. The molecule has 1 aromatic heterocycles. The largest absolute Gasteiger partial charge is 0.364 e. The summed E-state index contributed by atoms with van der Waals surface area (Å²) < 4.78 is 0. The summed E-state index contributed by atoms with van der Waals surface area (Å²) >= 11 is 5.95. The Hall–Kier alpha value is -1.07. The molecule has 0 radical (unpaired) electrons. The van der Waals surface area contributed by atoms with Crippen molar-refractivity contribution < 1.29 is 0 Å². The van der Waals surface area contributed by atoms with Gasteiger partial charge < -0.3 is 10.2 Å². The fourth-order valence-corrected chi connectivity index (χ4v) is 1.97. The quantitative estimate of drug-likeness (QED) is 0.722. The molecule has 2 heterocycles. The van der Waals surface area contributed by atoms with Crippen molar-refractivity contribution in [2.45, 2.75) is 13.0 Å². The zero-order valence-electron chi connectivity index (χ0n) is 8.46. The van der Waals surface area contributed by atoms with Gasteiger partial charge in [0.25, 0.3) is 5.56 Å². The van der Waals surface area contributed by atoms with Crippen LogP contribution in [0.2, 0.25) is 5.02 Å². The van der Waals surface area contributed by atoms with Crippen LogP contribution in [0.15, 0.2) is 11.0 Å². The third kappa shape index (κ3) is 1.98. The number of nitrogens with one attached hydrogen (secondary N) is 2. The second kappa shape index (κ2) is 4.20. The van der Waals surface area contributed by atoms with Gasteiger partial charge in [-0.3, -0.25) is 4.79 Å². The molecule has 1 fully saturated rings. The van der Waals surface area contributed by atoms with E-state index in [0.717, 1.165) is 25.3 Å². The molecular formula is C9H13ClN4O. The van der Waals surface area contributed by atoms with Crippen LogP contribution in [0.5, 0.6) is 0 Å². The monoisotopic (exact) mass is 228 g/mol. The smallest absolute Gasteiger partial charge is 0.285 e. The van der Waals surface area contributed by atoms with Crippen molar-refractivity contribution in [2.75, 3.05) is 24.5 Å². The van der Waals surface area contributed by atoms with Crippen molar-refractivity contribution in [3.8, 4) is 0 Å². The Bertz CT molecular complexity index is 405. The van der Waals surface area contributed by atoms with E-state index in [1.54, 1.807) is 6.20 Å². The van der Waals surface area contributed by atoms with Gasteiger partial charge in [-0.15, -0.1) is 0 Å². The molecule has 1 unspecified atom stereocenters. The highest BCUT2D eigenvalue weighted by Gasteiger charge is 2.21. The Morgan fingerprint density at radius 1 is 1.67 bits per heavy atom. The summed E-state index contributed by atoms with van der Waals surface area (Å²) in [6, 6.07) is 0.319. The molecule has 1 saturated heterocycles. The average molecular weight is 229 g/mol. The second-order valence-electron chi connectivity index (χ2n) is 3.64. The highest BCUT2D eigenvalue weighted by atomic mass is 35.5. The molecule has 6 heteroatoms. The van der Waals surface area contributed by atoms with Crippen molar-refractivity contribution >= 4 is 17.3 Å². The number of aromatic nitrogens is 2. The van der Waals surface area contributed by atoms with Crippen LogP contribution in [0.1, 0.15) is 6.92 Å². The molecule has 0 saturated carbocycles. The summed E-state index contributed by atoms with van der Waals surface area (Å²) in [5.41, 5.74) is 0.384. The fourth-order valence-electron chi connectivity index (χ4n) is 1.77. The van der Waals surface area contributed by atoms with E-state index >= 15 is 0 Å². The minimum Gasteiger partial charge on any atom is -0.364 e. The van der Waals surface area contributed by atoms with Gasteiger partial charge in [-0.25, -0.2) is 5.10 Å². The Balaban J connectivity index is 2.35. The van der Waals surface area contributed by atoms with Crippen LogP contribution in [0.25, 0.3) is 0 Å². The van der Waals surface area contributed by atoms with E-state index in [-0.39, 0.29) is 10.6 Å². The summed E-state index contributed by atoms with van der Waals surface area (Å²) in [4.78, 5) is 13.4. The van der Waals surface area contributed by atoms with E-state index in [1.165, 1.54) is 0 Å². The van der Waals surface area contributed by atoms with Gasteiger partial charge in [-0.1, -0.05) is 11.6 Å². The number of halogens is 1. The molecule has 1 aliphatic heterocycles. The molecule has 0 amide bonds. The maximum absolute atomic E-state index is 11.3. The van der Waals surface area contributed by atoms with Gasteiger partial charge in [0.2, 0.25) is 0 Å². The maximum Gasteiger partial charge on any atom is 0.285 e. The zero-order chi connectivity index (χ0) is 10.8. The molecule has 1 aliphatic rings. The highest BCUT2D eigenvalue weighted by molar-refractivity contribution is 6.33. The molecule has 5 nitrogen and oxygen atoms in total. The first-order valence-electron chi connectivity index (χ1n) is 4.90. The molecule has 0 aromatic carbocycles. The predicted octanol–water partition coefficient (Wildman–Crippen LogP) is 0.221. The third-order valence-corrected chi connectivity index (χ3v) is 2.95. The van der Waals surface area contributed by atoms with E-state index in [0.29, 0.717) is 6.04 Å². The molecule has 2 rings (SSSR count). The molecule has 0 bridgehead atoms. The highest BCUT2D eigenvalue weighted by Crippen LogP contribution is 2.22. The minimum atomic E-state index is -0.333. The van der Waals surface area contributed by atoms with Gasteiger partial charge in [-0.05, 0) is 6.92 Å². The summed E-state index contributed by atoms with van der Waals surface area (Å²) in [5.74, 6) is 0. The number of hydrogen-bond donors (Lipinski definition) is 2. The lowest BCUT2D eigenvalue weighted by Gasteiger charge is -2.35. The van der Waals surface area contributed by atoms with E-state index in [2.05, 4.69) is 27.3 Å². The normalized spacial score (nSPS) is 21.7. The van der Waals surface area contributed by atoms with Gasteiger partial charge in [0.15, 0.2) is 0 Å². The van der Waals surface area contributed by atoms with Gasteiger partial charge in [0.1, 0.15) is 5.02 Å². The number of anilines is 1. The predicted molar refractivity (Wildman–Crippen MR) is 59.5 cm³/mol. The molecule has 0 spiro atoms. The Morgan fingerprint density at radius 2 is 2.47 bits per heavy atom. The van der Waals surface area contributed by atoms with Crippen LogP contribution in [0.3, 0.4) is 0 Å². The summed E-state index contributed by atoms with van der Waals surface area (Å²) in [6.07, 6.45) is 1.60. The minimum absolute atomic E-state index is 0.221. The lowest BCUT2D eigenvalue weighted by Crippen LogP contribution is -2.50. The first-order chi connectivity index (χ1) is 7.20. The Labute approximate surface area is 92.4 Å². The maximum atomic E-state index is 11.3. The summed E-state index contributed by atoms with van der Waals surface area (Å²) in [6.45, 7) is 4.71. The van der Waals surface area contributed by atoms with E-state index in [9.17, 15) is 4.79 Å². The average Bonchev–Trinajstić information content (AvgIpc) is 2.23. The van der Waals surface area contributed by atoms with Crippen LogP contribution in [0, 0.1) is 0 Å². The lowest BCUT2D eigenvalue weighted by atomic mass is 10.2. The van der Waals surface area contributed by atoms with E-state index in [1.807, 2.05) is 0 Å². The van der Waals surface area contributed by atoms with Crippen molar-refractivity contribution in [1.82, 2.24) is 15.5 Å². The first-order valence-corrected chi connectivity index (χ1v) is 5.28. The number of piperazine rings is 1. The van der Waals surface area contributed by atoms with Crippen molar-refractivity contribution in [1.29, 1.82) is 0 Å². The zero-order valence-corrected chi connectivity index (χ0v) is 9.21. The van der Waals surface area contributed by atoms with Gasteiger partial charge >= 0.3 is 0 Å². The lowest BCUT2D eigenvalue weighted by molar-refractivity contribution is 0.500. The summed E-state index contributed by atoms with van der Waals surface area (Å²) in [7, 11) is 0. The van der Waals surface area contributed by atoms with Crippen LogP contribution >= 0.6 is 11.6 Å². The van der Waals surface area contributed by atoms with E-state index < -0.39 is 0 Å². The van der Waals surface area contributed by atoms with Crippen molar-refractivity contribution in [3.63, 3.8) is 0 Å².